The number of rotatable bonds is 4. The Morgan fingerprint density at radius 3 is 2.89 bits per heavy atom. The first-order valence-corrected chi connectivity index (χ1v) is 7.91. The molecular weight excluding hydrogens is 238 g/mol. The van der Waals surface area contributed by atoms with E-state index in [-0.39, 0.29) is 0 Å². The maximum Gasteiger partial charge on any atom is 0.0346 e. The lowest BCUT2D eigenvalue weighted by molar-refractivity contribution is 0.381. The molecule has 2 heteroatoms. The molecule has 1 aromatic carbocycles. The Balaban J connectivity index is 1.65. The molecule has 96 valence electrons. The Hall–Kier alpha value is -0.860. The summed E-state index contributed by atoms with van der Waals surface area (Å²) in [7, 11) is 0. The summed E-state index contributed by atoms with van der Waals surface area (Å²) in [5.74, 6) is 0.898. The fraction of sp³-hybridized carbons (Fsp3) is 0.500. The summed E-state index contributed by atoms with van der Waals surface area (Å²) in [6.45, 7) is 3.37. The van der Waals surface area contributed by atoms with Crippen molar-refractivity contribution in [1.82, 2.24) is 5.32 Å². The fourth-order valence-electron chi connectivity index (χ4n) is 3.06. The predicted octanol–water partition coefficient (Wildman–Crippen LogP) is 4.57. The van der Waals surface area contributed by atoms with E-state index < -0.39 is 0 Å². The molecule has 0 aliphatic heterocycles. The van der Waals surface area contributed by atoms with Gasteiger partial charge in [-0.15, -0.1) is 11.3 Å². The third kappa shape index (κ3) is 2.45. The zero-order valence-electron chi connectivity index (χ0n) is 11.0. The zero-order chi connectivity index (χ0) is 12.4. The summed E-state index contributed by atoms with van der Waals surface area (Å²) in [4.78, 5) is 0. The monoisotopic (exact) mass is 259 g/mol. The average molecular weight is 259 g/mol. The summed E-state index contributed by atoms with van der Waals surface area (Å²) in [6.07, 6.45) is 5.69. The zero-order valence-corrected chi connectivity index (χ0v) is 11.8. The third-order valence-corrected chi connectivity index (χ3v) is 5.29. The molecule has 0 amide bonds. The minimum Gasteiger partial charge on any atom is -0.310 e. The molecule has 1 saturated carbocycles. The lowest BCUT2D eigenvalue weighted by Gasteiger charge is -2.20. The van der Waals surface area contributed by atoms with Gasteiger partial charge in [-0.2, -0.15) is 0 Å². The number of hydrogen-bond acceptors (Lipinski definition) is 2. The first kappa shape index (κ1) is 12.2. The number of benzene rings is 1. The molecule has 0 bridgehead atoms. The van der Waals surface area contributed by atoms with Crippen LogP contribution in [0.25, 0.3) is 10.1 Å². The van der Waals surface area contributed by atoms with Crippen LogP contribution in [0.2, 0.25) is 0 Å². The van der Waals surface area contributed by atoms with Crippen LogP contribution < -0.4 is 5.32 Å². The maximum atomic E-state index is 3.73. The first-order valence-electron chi connectivity index (χ1n) is 7.03. The van der Waals surface area contributed by atoms with Gasteiger partial charge in [-0.25, -0.2) is 0 Å². The maximum absolute atomic E-state index is 3.73. The average Bonchev–Trinajstić information content (AvgIpc) is 3.06. The summed E-state index contributed by atoms with van der Waals surface area (Å²) in [5, 5.41) is 7.46. The minimum atomic E-state index is 0.658. The normalized spacial score (nSPS) is 18.5. The summed E-state index contributed by atoms with van der Waals surface area (Å²) >= 11 is 1.86. The van der Waals surface area contributed by atoms with Gasteiger partial charge in [0.2, 0.25) is 0 Å². The van der Waals surface area contributed by atoms with E-state index in [1.165, 1.54) is 41.3 Å². The highest BCUT2D eigenvalue weighted by Crippen LogP contribution is 2.29. The van der Waals surface area contributed by atoms with Crippen molar-refractivity contribution in [2.24, 2.45) is 5.92 Å². The van der Waals surface area contributed by atoms with Crippen LogP contribution in [0.1, 0.15) is 38.2 Å². The highest BCUT2D eigenvalue weighted by Gasteiger charge is 2.21. The third-order valence-electron chi connectivity index (χ3n) is 4.28. The van der Waals surface area contributed by atoms with Gasteiger partial charge >= 0.3 is 0 Å². The Morgan fingerprint density at radius 2 is 2.06 bits per heavy atom. The van der Waals surface area contributed by atoms with Crippen LogP contribution >= 0.6 is 11.3 Å². The highest BCUT2D eigenvalue weighted by atomic mass is 32.1. The standard InChI is InChI=1S/C16H21NS/c1-12(13-6-2-3-7-13)17-10-14-11-18-16-9-5-4-8-15(14)16/h4-5,8-9,11-13,17H,2-3,6-7,10H2,1H3/t12-/m0/s1. The number of thiophene rings is 1. The Bertz CT molecular complexity index is 511. The van der Waals surface area contributed by atoms with Crippen LogP contribution in [0.3, 0.4) is 0 Å². The van der Waals surface area contributed by atoms with Crippen LogP contribution in [0.15, 0.2) is 29.6 Å². The molecular formula is C16H21NS. The van der Waals surface area contributed by atoms with Gasteiger partial charge in [0.1, 0.15) is 0 Å². The SMILES string of the molecule is C[C@H](NCc1csc2ccccc12)C1CCCC1. The van der Waals surface area contributed by atoms with Gasteiger partial charge < -0.3 is 5.32 Å². The van der Waals surface area contributed by atoms with Gasteiger partial charge in [-0.05, 0) is 48.1 Å². The van der Waals surface area contributed by atoms with Gasteiger partial charge in [0.15, 0.2) is 0 Å². The first-order chi connectivity index (χ1) is 8.84. The van der Waals surface area contributed by atoms with Crippen molar-refractivity contribution in [3.8, 4) is 0 Å². The van der Waals surface area contributed by atoms with Crippen molar-refractivity contribution in [3.63, 3.8) is 0 Å². The molecule has 1 aliphatic carbocycles. The molecule has 1 fully saturated rings. The summed E-state index contributed by atoms with van der Waals surface area (Å²) in [5.41, 5.74) is 1.46. The van der Waals surface area contributed by atoms with Crippen molar-refractivity contribution in [1.29, 1.82) is 0 Å². The van der Waals surface area contributed by atoms with Crippen molar-refractivity contribution < 1.29 is 0 Å². The van der Waals surface area contributed by atoms with Crippen molar-refractivity contribution >= 4 is 21.4 Å². The van der Waals surface area contributed by atoms with E-state index in [1.807, 2.05) is 11.3 Å². The molecule has 1 heterocycles. The lowest BCUT2D eigenvalue weighted by atomic mass is 9.99. The molecule has 1 N–H and O–H groups in total. The molecule has 1 nitrogen and oxygen atoms in total. The van der Waals surface area contributed by atoms with E-state index in [1.54, 1.807) is 0 Å². The second kappa shape index (κ2) is 5.41. The molecule has 1 aliphatic rings. The van der Waals surface area contributed by atoms with E-state index in [4.69, 9.17) is 0 Å². The van der Waals surface area contributed by atoms with Gasteiger partial charge in [0.05, 0.1) is 0 Å². The van der Waals surface area contributed by atoms with Crippen LogP contribution in [0, 0.1) is 5.92 Å². The second-order valence-corrected chi connectivity index (χ2v) is 6.38. The highest BCUT2D eigenvalue weighted by molar-refractivity contribution is 7.17. The Morgan fingerprint density at radius 1 is 1.28 bits per heavy atom. The van der Waals surface area contributed by atoms with E-state index in [9.17, 15) is 0 Å². The topological polar surface area (TPSA) is 12.0 Å². The van der Waals surface area contributed by atoms with Crippen LogP contribution in [-0.2, 0) is 6.54 Å². The number of hydrogen-bond donors (Lipinski definition) is 1. The van der Waals surface area contributed by atoms with Crippen LogP contribution in [0.4, 0.5) is 0 Å². The van der Waals surface area contributed by atoms with Crippen molar-refractivity contribution in [2.75, 3.05) is 0 Å². The molecule has 0 saturated heterocycles. The Kier molecular flexibility index (Phi) is 3.67. The lowest BCUT2D eigenvalue weighted by Crippen LogP contribution is -2.31. The molecule has 3 rings (SSSR count). The summed E-state index contributed by atoms with van der Waals surface area (Å²) in [6, 6.07) is 9.37. The largest absolute Gasteiger partial charge is 0.310 e. The Labute approximate surface area is 113 Å². The van der Waals surface area contributed by atoms with E-state index >= 15 is 0 Å². The van der Waals surface area contributed by atoms with Gasteiger partial charge in [-0.1, -0.05) is 31.0 Å². The van der Waals surface area contributed by atoms with E-state index in [0.717, 1.165) is 12.5 Å². The number of nitrogens with one attached hydrogen (secondary N) is 1. The smallest absolute Gasteiger partial charge is 0.0346 e. The fourth-order valence-corrected chi connectivity index (χ4v) is 4.03. The van der Waals surface area contributed by atoms with Crippen molar-refractivity contribution in [3.05, 3.63) is 35.2 Å². The molecule has 1 aromatic heterocycles. The molecule has 0 radical (unpaired) electrons. The molecule has 0 spiro atoms. The quantitative estimate of drug-likeness (QED) is 0.848. The van der Waals surface area contributed by atoms with Crippen LogP contribution in [-0.4, -0.2) is 6.04 Å². The van der Waals surface area contributed by atoms with Gasteiger partial charge in [0, 0.05) is 17.3 Å². The summed E-state index contributed by atoms with van der Waals surface area (Å²) < 4.78 is 1.41. The van der Waals surface area contributed by atoms with Crippen molar-refractivity contribution in [2.45, 2.75) is 45.2 Å². The molecule has 2 aromatic rings. The number of fused-ring (bicyclic) bond motifs is 1. The predicted molar refractivity (Wildman–Crippen MR) is 80.1 cm³/mol. The molecule has 1 atom stereocenters. The molecule has 18 heavy (non-hydrogen) atoms. The molecule has 0 unspecified atom stereocenters. The van der Waals surface area contributed by atoms with Gasteiger partial charge in [-0.3, -0.25) is 0 Å². The van der Waals surface area contributed by atoms with E-state index in [0.29, 0.717) is 6.04 Å². The van der Waals surface area contributed by atoms with Crippen LogP contribution in [0.5, 0.6) is 0 Å². The van der Waals surface area contributed by atoms with E-state index in [2.05, 4.69) is 41.9 Å². The second-order valence-electron chi connectivity index (χ2n) is 5.47. The minimum absolute atomic E-state index is 0.658. The van der Waals surface area contributed by atoms with Gasteiger partial charge in [0.25, 0.3) is 0 Å².